The van der Waals surface area contributed by atoms with Crippen molar-refractivity contribution in [2.45, 2.75) is 97.8 Å². The quantitative estimate of drug-likeness (QED) is 0.230. The molecule has 2 aromatic rings. The van der Waals surface area contributed by atoms with Crippen molar-refractivity contribution in [3.05, 3.63) is 59.2 Å². The van der Waals surface area contributed by atoms with Crippen LogP contribution < -0.4 is 21.1 Å². The number of rotatable bonds is 15. The third kappa shape index (κ3) is 11.3. The van der Waals surface area contributed by atoms with Crippen LogP contribution in [-0.2, 0) is 19.1 Å². The average Bonchev–Trinajstić information content (AvgIpc) is 2.92. The van der Waals surface area contributed by atoms with Crippen molar-refractivity contribution in [3.8, 4) is 5.75 Å². The van der Waals surface area contributed by atoms with Gasteiger partial charge in [0.1, 0.15) is 23.4 Å². The van der Waals surface area contributed by atoms with E-state index in [4.69, 9.17) is 15.2 Å². The Hall–Kier alpha value is -4.08. The first kappa shape index (κ1) is 35.1. The zero-order chi connectivity index (χ0) is 32.2. The van der Waals surface area contributed by atoms with Crippen LogP contribution in [0.2, 0.25) is 0 Å². The van der Waals surface area contributed by atoms with E-state index >= 15 is 0 Å². The topological polar surface area (TPSA) is 140 Å². The number of primary amides is 1. The summed E-state index contributed by atoms with van der Waals surface area (Å²) in [4.78, 5) is 54.7. The number of aryl methyl sites for hydroxylation is 2. The Morgan fingerprint density at radius 2 is 1.58 bits per heavy atom. The molecule has 0 saturated carbocycles. The second-order valence-corrected chi connectivity index (χ2v) is 11.7. The largest absolute Gasteiger partial charge is 0.497 e. The number of anilines is 1. The van der Waals surface area contributed by atoms with Gasteiger partial charge in [0.25, 0.3) is 5.91 Å². The van der Waals surface area contributed by atoms with E-state index in [1.165, 1.54) is 4.90 Å². The van der Waals surface area contributed by atoms with Crippen molar-refractivity contribution in [1.29, 1.82) is 0 Å². The normalized spacial score (nSPS) is 12.5. The molecule has 2 atom stereocenters. The fourth-order valence-electron chi connectivity index (χ4n) is 4.84. The number of carbonyl (C=O) groups is 4. The maximum Gasteiger partial charge on any atom is 0.408 e. The van der Waals surface area contributed by atoms with Crippen molar-refractivity contribution in [1.82, 2.24) is 10.2 Å². The molecule has 2 aromatic carbocycles. The van der Waals surface area contributed by atoms with Crippen molar-refractivity contribution in [2.24, 2.45) is 5.73 Å². The molecule has 4 amide bonds. The van der Waals surface area contributed by atoms with Crippen molar-refractivity contribution in [2.75, 3.05) is 19.0 Å². The Labute approximate surface area is 255 Å². The van der Waals surface area contributed by atoms with Gasteiger partial charge >= 0.3 is 6.09 Å². The number of methoxy groups -OCH3 is 1. The van der Waals surface area contributed by atoms with Gasteiger partial charge in [0, 0.05) is 18.7 Å². The molecule has 0 aliphatic carbocycles. The molecule has 0 bridgehead atoms. The summed E-state index contributed by atoms with van der Waals surface area (Å²) in [7, 11) is 1.56. The highest BCUT2D eigenvalue weighted by Gasteiger charge is 2.37. The van der Waals surface area contributed by atoms with Gasteiger partial charge < -0.3 is 30.7 Å². The SMILES string of the molecule is CCCCCCN(C(=O)C(CCC(N)=O)NC(=O)OC(C)(C)C)C(C(=O)Nc1ccc(OC)cc1)c1c(C)cccc1C. The van der Waals surface area contributed by atoms with E-state index in [9.17, 15) is 19.2 Å². The number of hydrogen-bond acceptors (Lipinski definition) is 6. The number of amides is 4. The Morgan fingerprint density at radius 1 is 0.953 bits per heavy atom. The van der Waals surface area contributed by atoms with Gasteiger partial charge in [-0.2, -0.15) is 0 Å². The first-order valence-corrected chi connectivity index (χ1v) is 14.9. The zero-order valence-electron chi connectivity index (χ0n) is 26.6. The van der Waals surface area contributed by atoms with Crippen LogP contribution in [0, 0.1) is 13.8 Å². The summed E-state index contributed by atoms with van der Waals surface area (Å²) in [6.07, 6.45) is 2.48. The number of hydrogen-bond donors (Lipinski definition) is 3. The molecule has 0 aliphatic heterocycles. The average molecular weight is 597 g/mol. The Kier molecular flexibility index (Phi) is 13.5. The summed E-state index contributed by atoms with van der Waals surface area (Å²) in [6.45, 7) is 11.3. The van der Waals surface area contributed by atoms with E-state index in [1.807, 2.05) is 32.0 Å². The number of nitrogens with one attached hydrogen (secondary N) is 2. The number of unbranched alkanes of at least 4 members (excludes halogenated alkanes) is 3. The lowest BCUT2D eigenvalue weighted by Crippen LogP contribution is -2.53. The molecule has 0 fully saturated rings. The first-order chi connectivity index (χ1) is 20.3. The number of nitrogens with two attached hydrogens (primary N) is 1. The van der Waals surface area contributed by atoms with Crippen LogP contribution in [0.5, 0.6) is 5.75 Å². The molecule has 236 valence electrons. The third-order valence-electron chi connectivity index (χ3n) is 6.94. The lowest BCUT2D eigenvalue weighted by atomic mass is 9.93. The summed E-state index contributed by atoms with van der Waals surface area (Å²) >= 11 is 0. The maximum atomic E-state index is 14.4. The monoisotopic (exact) mass is 596 g/mol. The van der Waals surface area contributed by atoms with Crippen molar-refractivity contribution in [3.63, 3.8) is 0 Å². The Morgan fingerprint density at radius 3 is 2.12 bits per heavy atom. The lowest BCUT2D eigenvalue weighted by Gasteiger charge is -2.36. The molecule has 0 saturated heterocycles. The molecule has 10 heteroatoms. The standard InChI is InChI=1S/C33H48N4O6/c1-8-9-10-11-21-37(31(40)26(19-20-27(34)38)36-32(41)43-33(4,5)6)29(28-22(2)13-12-14-23(28)3)30(39)35-24-15-17-25(42-7)18-16-24/h12-18,26,29H,8-11,19-21H2,1-7H3,(H2,34,38)(H,35,39)(H,36,41). The second-order valence-electron chi connectivity index (χ2n) is 11.7. The van der Waals surface area contributed by atoms with Gasteiger partial charge in [0.05, 0.1) is 7.11 Å². The van der Waals surface area contributed by atoms with E-state index in [0.29, 0.717) is 23.4 Å². The molecule has 0 spiro atoms. The highest BCUT2D eigenvalue weighted by atomic mass is 16.6. The smallest absolute Gasteiger partial charge is 0.408 e. The molecule has 43 heavy (non-hydrogen) atoms. The third-order valence-corrected chi connectivity index (χ3v) is 6.94. The molecule has 0 radical (unpaired) electrons. The molecule has 4 N–H and O–H groups in total. The molecule has 0 aromatic heterocycles. The van der Waals surface area contributed by atoms with E-state index in [1.54, 1.807) is 52.1 Å². The predicted molar refractivity (Wildman–Crippen MR) is 168 cm³/mol. The first-order valence-electron chi connectivity index (χ1n) is 14.9. The van der Waals surface area contributed by atoms with Crippen LogP contribution in [0.3, 0.4) is 0 Å². The minimum absolute atomic E-state index is 0.0432. The van der Waals surface area contributed by atoms with Crippen LogP contribution >= 0.6 is 0 Å². The van der Waals surface area contributed by atoms with Gasteiger partial charge in [0.2, 0.25) is 11.8 Å². The molecule has 0 aliphatic rings. The molecule has 2 unspecified atom stereocenters. The molecule has 2 rings (SSSR count). The molecular formula is C33H48N4O6. The van der Waals surface area contributed by atoms with E-state index in [-0.39, 0.29) is 19.4 Å². The number of ether oxygens (including phenoxy) is 2. The van der Waals surface area contributed by atoms with Gasteiger partial charge in [-0.3, -0.25) is 14.4 Å². The Bertz CT molecular complexity index is 1220. The highest BCUT2D eigenvalue weighted by Crippen LogP contribution is 2.31. The van der Waals surface area contributed by atoms with Crippen LogP contribution in [0.1, 0.15) is 89.0 Å². The van der Waals surface area contributed by atoms with E-state index in [0.717, 1.165) is 30.4 Å². The number of carbonyl (C=O) groups excluding carboxylic acids is 4. The number of nitrogens with zero attached hydrogens (tertiary/aromatic N) is 1. The van der Waals surface area contributed by atoms with E-state index in [2.05, 4.69) is 17.6 Å². The van der Waals surface area contributed by atoms with Gasteiger partial charge in [-0.25, -0.2) is 4.79 Å². The van der Waals surface area contributed by atoms with Gasteiger partial charge in [-0.15, -0.1) is 0 Å². The van der Waals surface area contributed by atoms with E-state index < -0.39 is 41.5 Å². The fraction of sp³-hybridized carbons (Fsp3) is 0.515. The summed E-state index contributed by atoms with van der Waals surface area (Å²) in [5, 5.41) is 5.61. The molecular weight excluding hydrogens is 548 g/mol. The van der Waals surface area contributed by atoms with Crippen LogP contribution in [0.25, 0.3) is 0 Å². The van der Waals surface area contributed by atoms with Crippen LogP contribution in [0.4, 0.5) is 10.5 Å². The van der Waals surface area contributed by atoms with Gasteiger partial charge in [0.15, 0.2) is 0 Å². The minimum Gasteiger partial charge on any atom is -0.497 e. The van der Waals surface area contributed by atoms with Crippen LogP contribution in [0.15, 0.2) is 42.5 Å². The van der Waals surface area contributed by atoms with Gasteiger partial charge in [-0.1, -0.05) is 44.4 Å². The van der Waals surface area contributed by atoms with Crippen molar-refractivity contribution < 1.29 is 28.7 Å². The summed E-state index contributed by atoms with van der Waals surface area (Å²) in [5.74, 6) is -0.872. The Balaban J connectivity index is 2.61. The fourth-order valence-corrected chi connectivity index (χ4v) is 4.84. The highest BCUT2D eigenvalue weighted by molar-refractivity contribution is 5.99. The summed E-state index contributed by atoms with van der Waals surface area (Å²) < 4.78 is 10.7. The maximum absolute atomic E-state index is 14.4. The van der Waals surface area contributed by atoms with Crippen LogP contribution in [-0.4, -0.2) is 54.0 Å². The van der Waals surface area contributed by atoms with Crippen molar-refractivity contribution >= 4 is 29.5 Å². The zero-order valence-corrected chi connectivity index (χ0v) is 26.6. The number of benzene rings is 2. The molecule has 10 nitrogen and oxygen atoms in total. The summed E-state index contributed by atoms with van der Waals surface area (Å²) in [6, 6.07) is 10.5. The summed E-state index contributed by atoms with van der Waals surface area (Å²) in [5.41, 5.74) is 7.54. The minimum atomic E-state index is -1.14. The number of alkyl carbamates (subject to hydrolysis) is 1. The molecule has 0 heterocycles. The second kappa shape index (κ2) is 16.5. The van der Waals surface area contributed by atoms with Gasteiger partial charge in [-0.05, 0) is 88.4 Å². The predicted octanol–water partition coefficient (Wildman–Crippen LogP) is 5.56. The lowest BCUT2D eigenvalue weighted by molar-refractivity contribution is -0.141.